The molecule has 1 aromatic heterocycles. The van der Waals surface area contributed by atoms with Crippen molar-refractivity contribution in [1.82, 2.24) is 14.8 Å². The second kappa shape index (κ2) is 23.2. The van der Waals surface area contributed by atoms with Crippen molar-refractivity contribution in [2.45, 2.75) is 64.4 Å². The number of aromatic nitrogens is 1. The molecule has 3 rings (SSSR count). The highest BCUT2D eigenvalue weighted by Gasteiger charge is 2.33. The lowest BCUT2D eigenvalue weighted by Gasteiger charge is -2.37. The minimum atomic E-state index is -1.26. The van der Waals surface area contributed by atoms with Crippen LogP contribution < -0.4 is 4.90 Å². The Balaban J connectivity index is 0.000000594. The Kier molecular flexibility index (Phi) is 19.8. The number of pyridine rings is 1. The monoisotopic (exact) mass is 676 g/mol. The Morgan fingerprint density at radius 3 is 1.75 bits per heavy atom. The van der Waals surface area contributed by atoms with E-state index in [2.05, 4.69) is 21.7 Å². The highest BCUT2D eigenvalue weighted by atomic mass is 16.5. The molecule has 16 heteroatoms. The molecule has 0 saturated carbocycles. The predicted octanol–water partition coefficient (Wildman–Crippen LogP) is 2.05. The maximum Gasteiger partial charge on any atom is 0.328 e. The third kappa shape index (κ3) is 18.8. The number of amides is 2. The van der Waals surface area contributed by atoms with Gasteiger partial charge in [0.2, 0.25) is 11.8 Å². The summed E-state index contributed by atoms with van der Waals surface area (Å²) in [6.45, 7) is 6.12. The van der Waals surface area contributed by atoms with Crippen LogP contribution in [0.15, 0.2) is 48.7 Å². The van der Waals surface area contributed by atoms with Crippen molar-refractivity contribution in [3.63, 3.8) is 0 Å². The van der Waals surface area contributed by atoms with Gasteiger partial charge in [-0.05, 0) is 18.6 Å². The molecule has 16 nitrogen and oxygen atoms in total. The molecule has 2 aliphatic rings. The molecule has 264 valence electrons. The molecule has 2 aliphatic heterocycles. The molecule has 2 saturated heterocycles. The number of rotatable bonds is 16. The van der Waals surface area contributed by atoms with Crippen LogP contribution in [0, 0.1) is 0 Å². The van der Waals surface area contributed by atoms with Crippen molar-refractivity contribution in [3.8, 4) is 0 Å². The number of hydrogen-bond donors (Lipinski definition) is 4. The number of likely N-dealkylation sites (tertiary alicyclic amines) is 1. The molecule has 3 heterocycles. The third-order valence-corrected chi connectivity index (χ3v) is 6.87. The van der Waals surface area contributed by atoms with Gasteiger partial charge in [-0.25, -0.2) is 24.2 Å². The molecule has 2 amide bonds. The lowest BCUT2D eigenvalue weighted by Crippen LogP contribution is -2.51. The van der Waals surface area contributed by atoms with Gasteiger partial charge >= 0.3 is 29.8 Å². The van der Waals surface area contributed by atoms with E-state index in [0.717, 1.165) is 57.7 Å². The quantitative estimate of drug-likeness (QED) is 0.0849. The maximum atomic E-state index is 12.5. The number of hydrogen-bond acceptors (Lipinski definition) is 11. The zero-order chi connectivity index (χ0) is 35.9. The van der Waals surface area contributed by atoms with Crippen LogP contribution in [0.1, 0.15) is 58.3 Å². The van der Waals surface area contributed by atoms with E-state index in [-0.39, 0.29) is 37.2 Å². The SMILES string of the molecule is CCCCCCCC(=O)OC(CN1CCN(c2ccccn2)CC1)CN1C(=O)CCC1=O.O=C(O)/C=C\C(=O)O.O=C(O)/C=C\C(=O)O. The Morgan fingerprint density at radius 2 is 1.29 bits per heavy atom. The molecule has 1 unspecified atom stereocenters. The Bertz CT molecular complexity index is 1190. The van der Waals surface area contributed by atoms with Crippen molar-refractivity contribution < 1.29 is 58.7 Å². The van der Waals surface area contributed by atoms with E-state index in [1.54, 1.807) is 6.20 Å². The molecule has 4 N–H and O–H groups in total. The summed E-state index contributed by atoms with van der Waals surface area (Å²) < 4.78 is 5.78. The van der Waals surface area contributed by atoms with Gasteiger partial charge in [0.25, 0.3) is 0 Å². The minimum Gasteiger partial charge on any atom is -0.478 e. The number of carbonyl (C=O) groups is 7. The van der Waals surface area contributed by atoms with Crippen LogP contribution in [-0.4, -0.2) is 122 Å². The fraction of sp³-hybridized carbons (Fsp3) is 0.500. The summed E-state index contributed by atoms with van der Waals surface area (Å²) in [5.41, 5.74) is 0. The lowest BCUT2D eigenvalue weighted by atomic mass is 10.1. The van der Waals surface area contributed by atoms with Crippen LogP contribution in [-0.2, 0) is 38.3 Å². The zero-order valence-corrected chi connectivity index (χ0v) is 26.9. The minimum absolute atomic E-state index is 0.152. The molecule has 0 bridgehead atoms. The molecule has 0 aliphatic carbocycles. The third-order valence-electron chi connectivity index (χ3n) is 6.87. The fourth-order valence-corrected chi connectivity index (χ4v) is 4.55. The molecular formula is C32H44N4O12. The number of imide groups is 1. The normalized spacial score (nSPS) is 15.4. The average Bonchev–Trinajstić information content (AvgIpc) is 3.36. The molecule has 1 aromatic rings. The summed E-state index contributed by atoms with van der Waals surface area (Å²) in [5.74, 6) is -4.64. The van der Waals surface area contributed by atoms with Gasteiger partial charge in [-0.15, -0.1) is 0 Å². The first-order valence-corrected chi connectivity index (χ1v) is 15.5. The molecule has 0 spiro atoms. The number of carbonyl (C=O) groups excluding carboxylic acids is 3. The Labute approximate surface area is 278 Å². The summed E-state index contributed by atoms with van der Waals surface area (Å²) in [4.78, 5) is 85.0. The number of ether oxygens (including phenoxy) is 1. The van der Waals surface area contributed by atoms with Crippen LogP contribution in [0.4, 0.5) is 5.82 Å². The second-order valence-electron chi connectivity index (χ2n) is 10.7. The van der Waals surface area contributed by atoms with Crippen molar-refractivity contribution in [2.24, 2.45) is 0 Å². The first-order chi connectivity index (χ1) is 22.8. The molecule has 48 heavy (non-hydrogen) atoms. The largest absolute Gasteiger partial charge is 0.478 e. The van der Waals surface area contributed by atoms with Crippen molar-refractivity contribution in [1.29, 1.82) is 0 Å². The molecular weight excluding hydrogens is 632 g/mol. The van der Waals surface area contributed by atoms with Crippen LogP contribution in [0.2, 0.25) is 0 Å². The average molecular weight is 677 g/mol. The van der Waals surface area contributed by atoms with Crippen LogP contribution in [0.25, 0.3) is 0 Å². The summed E-state index contributed by atoms with van der Waals surface area (Å²) >= 11 is 0. The number of nitrogens with zero attached hydrogens (tertiary/aromatic N) is 4. The zero-order valence-electron chi connectivity index (χ0n) is 26.9. The number of esters is 1. The number of unbranched alkanes of at least 4 members (excludes halogenated alkanes) is 4. The van der Waals surface area contributed by atoms with Gasteiger partial charge < -0.3 is 30.1 Å². The van der Waals surface area contributed by atoms with Crippen molar-refractivity contribution in [2.75, 3.05) is 44.2 Å². The van der Waals surface area contributed by atoms with Crippen LogP contribution >= 0.6 is 0 Å². The van der Waals surface area contributed by atoms with Gasteiger partial charge in [0, 0.05) is 82.5 Å². The van der Waals surface area contributed by atoms with Gasteiger partial charge in [-0.2, -0.15) is 0 Å². The van der Waals surface area contributed by atoms with E-state index in [0.29, 0.717) is 37.3 Å². The Hall–Kier alpha value is -5.12. The van der Waals surface area contributed by atoms with E-state index in [1.165, 1.54) is 11.3 Å². The van der Waals surface area contributed by atoms with Gasteiger partial charge in [0.15, 0.2) is 0 Å². The summed E-state index contributed by atoms with van der Waals surface area (Å²) in [6, 6.07) is 5.89. The van der Waals surface area contributed by atoms with Gasteiger partial charge in [-0.1, -0.05) is 38.7 Å². The van der Waals surface area contributed by atoms with Gasteiger partial charge in [-0.3, -0.25) is 24.2 Å². The van der Waals surface area contributed by atoms with E-state index in [4.69, 9.17) is 25.2 Å². The smallest absolute Gasteiger partial charge is 0.328 e. The molecule has 0 aromatic carbocycles. The standard InChI is InChI=1S/C24H36N4O4.2C4H4O4/c1-2-3-4-5-6-10-24(31)32-20(19-28-22(29)11-12-23(28)30)18-26-14-16-27(17-15-26)21-9-7-8-13-25-21;2*5-3(6)1-2-4(7)8/h7-9,13,20H,2-6,10-12,14-19H2,1H3;2*1-2H,(H,5,6)(H,7,8)/b;2*2-1-. The van der Waals surface area contributed by atoms with Crippen molar-refractivity contribution >= 4 is 47.5 Å². The second-order valence-corrected chi connectivity index (χ2v) is 10.7. The first kappa shape index (κ1) is 40.9. The topological polar surface area (TPSA) is 232 Å². The molecule has 0 radical (unpaired) electrons. The van der Waals surface area contributed by atoms with E-state index in [1.807, 2.05) is 18.2 Å². The summed E-state index contributed by atoms with van der Waals surface area (Å²) in [6.07, 6.45) is 9.73. The molecule has 1 atom stereocenters. The number of anilines is 1. The summed E-state index contributed by atoms with van der Waals surface area (Å²) in [5, 5.41) is 31.2. The Morgan fingerprint density at radius 1 is 0.771 bits per heavy atom. The molecule has 2 fully saturated rings. The van der Waals surface area contributed by atoms with Crippen LogP contribution in [0.5, 0.6) is 0 Å². The van der Waals surface area contributed by atoms with E-state index < -0.39 is 30.0 Å². The lowest BCUT2D eigenvalue weighted by molar-refractivity contribution is -0.155. The van der Waals surface area contributed by atoms with E-state index in [9.17, 15) is 33.6 Å². The number of carboxylic acid groups (broad SMARTS) is 4. The fourth-order valence-electron chi connectivity index (χ4n) is 4.55. The van der Waals surface area contributed by atoms with Crippen LogP contribution in [0.3, 0.4) is 0 Å². The number of carboxylic acids is 4. The van der Waals surface area contributed by atoms with Gasteiger partial charge in [0.05, 0.1) is 6.54 Å². The van der Waals surface area contributed by atoms with Crippen molar-refractivity contribution in [3.05, 3.63) is 48.7 Å². The highest BCUT2D eigenvalue weighted by Crippen LogP contribution is 2.17. The predicted molar refractivity (Wildman–Crippen MR) is 171 cm³/mol. The first-order valence-electron chi connectivity index (χ1n) is 15.5. The highest BCUT2D eigenvalue weighted by molar-refractivity contribution is 6.02. The number of piperazine rings is 1. The van der Waals surface area contributed by atoms with E-state index >= 15 is 0 Å². The summed E-state index contributed by atoms with van der Waals surface area (Å²) in [7, 11) is 0. The maximum absolute atomic E-state index is 12.5. The number of aliphatic carboxylic acids is 4. The van der Waals surface area contributed by atoms with Gasteiger partial charge in [0.1, 0.15) is 11.9 Å².